The summed E-state index contributed by atoms with van der Waals surface area (Å²) in [5, 5.41) is 67.5. The van der Waals surface area contributed by atoms with Crippen molar-refractivity contribution >= 4 is 103 Å². The number of carboxylic acid groups (broad SMARTS) is 1. The van der Waals surface area contributed by atoms with Gasteiger partial charge in [0.2, 0.25) is 5.79 Å². The van der Waals surface area contributed by atoms with Gasteiger partial charge in [-0.25, -0.2) is 4.79 Å². The standard InChI is InChI=1S/C26H20O7.C20H12O4S/c27-21-22(28)24(29)26(32,33-23(21)25(30)31)18-10-7-12-5-8-16-15-4-2-1-3-13(15)11-14-6-9-17(18)19(12)20(14)16;21-25(22,23)24-18-10-7-12-5-8-16-15-4-2-1-3-13(15)11-14-6-9-17(18)19(12)20(14)16/h1-11,21-24,27-29,32H,(H,30,31);1-11H,(H,21,22,23)/t21-,22-,23-,24+,26?;/m0./s1. The van der Waals surface area contributed by atoms with Crippen LogP contribution in [0.15, 0.2) is 133 Å². The topological polar surface area (TPSA) is 191 Å². The number of hydrogen-bond donors (Lipinski definition) is 6. The number of fused-ring (bicyclic) bond motifs is 4. The number of carbonyl (C=O) groups is 1. The number of benzene rings is 10. The van der Waals surface area contributed by atoms with Crippen molar-refractivity contribution in [1.29, 1.82) is 0 Å². The van der Waals surface area contributed by atoms with E-state index in [1.54, 1.807) is 30.3 Å². The van der Waals surface area contributed by atoms with E-state index in [1.165, 1.54) is 0 Å². The van der Waals surface area contributed by atoms with Gasteiger partial charge >= 0.3 is 16.4 Å². The number of aliphatic hydroxyl groups excluding tert-OH is 3. The highest BCUT2D eigenvalue weighted by Crippen LogP contribution is 2.45. The summed E-state index contributed by atoms with van der Waals surface area (Å²) in [7, 11) is -4.58. The van der Waals surface area contributed by atoms with Crippen LogP contribution < -0.4 is 4.18 Å². The molecule has 0 bridgehead atoms. The van der Waals surface area contributed by atoms with Gasteiger partial charge in [-0.3, -0.25) is 4.55 Å². The predicted octanol–water partition coefficient (Wildman–Crippen LogP) is 7.37. The lowest BCUT2D eigenvalue weighted by Gasteiger charge is -2.45. The second-order valence-electron chi connectivity index (χ2n) is 14.7. The molecule has 0 aliphatic carbocycles. The Bertz CT molecular complexity index is 3400. The minimum absolute atomic E-state index is 0.113. The molecule has 6 N–H and O–H groups in total. The van der Waals surface area contributed by atoms with Gasteiger partial charge in [0.25, 0.3) is 0 Å². The lowest BCUT2D eigenvalue weighted by atomic mass is 9.83. The zero-order valence-electron chi connectivity index (χ0n) is 30.1. The smallest absolute Gasteiger partial charge is 0.446 e. The molecule has 1 unspecified atom stereocenters. The Hall–Kier alpha value is -6.22. The van der Waals surface area contributed by atoms with Crippen LogP contribution in [0.5, 0.6) is 5.75 Å². The average molecular weight is 793 g/mol. The second-order valence-corrected chi connectivity index (χ2v) is 15.7. The van der Waals surface area contributed by atoms with Crippen LogP contribution in [0.4, 0.5) is 0 Å². The predicted molar refractivity (Wildman–Crippen MR) is 222 cm³/mol. The van der Waals surface area contributed by atoms with Crippen LogP contribution in [0.2, 0.25) is 0 Å². The molecule has 1 saturated heterocycles. The van der Waals surface area contributed by atoms with E-state index in [0.717, 1.165) is 75.4 Å². The molecule has 10 aromatic carbocycles. The first-order valence-electron chi connectivity index (χ1n) is 18.4. The van der Waals surface area contributed by atoms with Crippen molar-refractivity contribution in [2.45, 2.75) is 30.2 Å². The molecule has 0 saturated carbocycles. The summed E-state index contributed by atoms with van der Waals surface area (Å²) in [5.74, 6) is -3.99. The average Bonchev–Trinajstić information content (AvgIpc) is 3.22. The van der Waals surface area contributed by atoms with Crippen molar-refractivity contribution in [3.8, 4) is 5.75 Å². The molecule has 12 heteroatoms. The maximum absolute atomic E-state index is 11.6. The summed E-state index contributed by atoms with van der Waals surface area (Å²) in [6, 6.07) is 42.7. The van der Waals surface area contributed by atoms with Crippen LogP contribution in [0.25, 0.3) is 86.2 Å². The van der Waals surface area contributed by atoms with Crippen molar-refractivity contribution in [2.75, 3.05) is 0 Å². The molecule has 5 atom stereocenters. The molecular formula is C46H32O11S. The molecule has 11 rings (SSSR count). The lowest BCUT2D eigenvalue weighted by molar-refractivity contribution is -0.349. The van der Waals surface area contributed by atoms with Crippen LogP contribution in [0.3, 0.4) is 0 Å². The molecule has 0 radical (unpaired) electrons. The summed E-state index contributed by atoms with van der Waals surface area (Å²) in [5.41, 5.74) is 0.113. The molecule has 1 aliphatic heterocycles. The van der Waals surface area contributed by atoms with Crippen LogP contribution >= 0.6 is 0 Å². The van der Waals surface area contributed by atoms with Gasteiger partial charge in [-0.15, -0.1) is 0 Å². The van der Waals surface area contributed by atoms with Gasteiger partial charge in [0, 0.05) is 16.3 Å². The molecular weight excluding hydrogens is 761 g/mol. The second kappa shape index (κ2) is 12.9. The molecule has 58 heavy (non-hydrogen) atoms. The molecule has 0 amide bonds. The fourth-order valence-corrected chi connectivity index (χ4v) is 9.30. The highest BCUT2D eigenvalue weighted by Gasteiger charge is 2.56. The molecule has 0 aromatic heterocycles. The Kier molecular flexibility index (Phi) is 8.04. The van der Waals surface area contributed by atoms with Gasteiger partial charge in [0.1, 0.15) is 18.3 Å². The van der Waals surface area contributed by atoms with E-state index < -0.39 is 46.6 Å². The summed E-state index contributed by atoms with van der Waals surface area (Å²) in [6.45, 7) is 0. The summed E-state index contributed by atoms with van der Waals surface area (Å²) in [6.07, 6.45) is -7.71. The Morgan fingerprint density at radius 3 is 1.59 bits per heavy atom. The fraction of sp³-hybridized carbons (Fsp3) is 0.109. The van der Waals surface area contributed by atoms with Gasteiger partial charge in [0.05, 0.1) is 0 Å². The molecule has 0 spiro atoms. The van der Waals surface area contributed by atoms with Crippen molar-refractivity contribution in [3.63, 3.8) is 0 Å². The normalized spacial score (nSPS) is 21.5. The van der Waals surface area contributed by atoms with Crippen molar-refractivity contribution in [2.24, 2.45) is 0 Å². The molecule has 1 fully saturated rings. The molecule has 11 nitrogen and oxygen atoms in total. The number of rotatable bonds is 4. The number of aliphatic carboxylic acids is 1. The summed E-state index contributed by atoms with van der Waals surface area (Å²) in [4.78, 5) is 11.6. The first-order chi connectivity index (χ1) is 27.8. The fourth-order valence-electron chi connectivity index (χ4n) is 8.93. The molecule has 288 valence electrons. The van der Waals surface area contributed by atoms with E-state index >= 15 is 0 Å². The largest absolute Gasteiger partial charge is 0.479 e. The van der Waals surface area contributed by atoms with Crippen molar-refractivity contribution in [1.82, 2.24) is 0 Å². The van der Waals surface area contributed by atoms with E-state index in [4.69, 9.17) is 13.5 Å². The Balaban J connectivity index is 0.000000146. The first-order valence-corrected chi connectivity index (χ1v) is 19.7. The molecule has 1 aliphatic rings. The van der Waals surface area contributed by atoms with E-state index in [2.05, 4.69) is 30.3 Å². The molecule has 10 aromatic rings. The maximum atomic E-state index is 11.6. The zero-order chi connectivity index (χ0) is 40.2. The van der Waals surface area contributed by atoms with Gasteiger partial charge in [-0.1, -0.05) is 109 Å². The monoisotopic (exact) mass is 792 g/mol. The van der Waals surface area contributed by atoms with Crippen molar-refractivity contribution < 1.29 is 52.2 Å². The zero-order valence-corrected chi connectivity index (χ0v) is 31.0. The minimum Gasteiger partial charge on any atom is -0.479 e. The molecule has 1 heterocycles. The van der Waals surface area contributed by atoms with Crippen LogP contribution in [-0.2, 0) is 25.7 Å². The summed E-state index contributed by atoms with van der Waals surface area (Å²) >= 11 is 0. The van der Waals surface area contributed by atoms with Crippen LogP contribution in [0.1, 0.15) is 5.56 Å². The number of hydrogen-bond acceptors (Lipinski definition) is 9. The van der Waals surface area contributed by atoms with E-state index in [-0.39, 0.29) is 11.3 Å². The third kappa shape index (κ3) is 5.42. The third-order valence-electron chi connectivity index (χ3n) is 11.5. The Morgan fingerprint density at radius 2 is 1.02 bits per heavy atom. The summed E-state index contributed by atoms with van der Waals surface area (Å²) < 4.78 is 41.5. The van der Waals surface area contributed by atoms with E-state index in [9.17, 15) is 38.7 Å². The van der Waals surface area contributed by atoms with Gasteiger partial charge in [-0.2, -0.15) is 8.42 Å². The Morgan fingerprint density at radius 1 is 0.552 bits per heavy atom. The van der Waals surface area contributed by atoms with Crippen molar-refractivity contribution in [3.05, 3.63) is 139 Å². The van der Waals surface area contributed by atoms with Gasteiger partial charge in [0.15, 0.2) is 11.9 Å². The SMILES string of the molecule is O=C(O)[C@H]1OC(O)(c2ccc3ccc4c5ccccc5cc5ccc2c3c54)[C@H](O)[C@@H](O)[C@@H]1O.O=S(=O)(O)Oc1ccc2ccc3c4ccccc4cc4ccc1c2c43. The van der Waals surface area contributed by atoms with Gasteiger partial charge in [-0.05, 0) is 99.7 Å². The van der Waals surface area contributed by atoms with Crippen LogP contribution in [-0.4, -0.2) is 68.9 Å². The van der Waals surface area contributed by atoms with E-state index in [0.29, 0.717) is 10.8 Å². The van der Waals surface area contributed by atoms with E-state index in [1.807, 2.05) is 72.8 Å². The highest BCUT2D eigenvalue weighted by molar-refractivity contribution is 7.81. The number of ether oxygens (including phenoxy) is 1. The maximum Gasteiger partial charge on any atom is 0.446 e. The lowest BCUT2D eigenvalue weighted by Crippen LogP contribution is -2.64. The van der Waals surface area contributed by atoms with Gasteiger partial charge < -0.3 is 34.5 Å². The number of aliphatic hydroxyl groups is 4. The quantitative estimate of drug-likeness (QED) is 0.0593. The number of carboxylic acids is 1. The highest BCUT2D eigenvalue weighted by atomic mass is 32.3. The third-order valence-corrected chi connectivity index (χ3v) is 11.9. The van der Waals surface area contributed by atoms with Crippen LogP contribution in [0, 0.1) is 0 Å². The Labute approximate surface area is 328 Å². The first kappa shape index (κ1) is 36.1. The minimum atomic E-state index is -4.58.